The molecule has 15 heavy (non-hydrogen) atoms. The van der Waals surface area contributed by atoms with Gasteiger partial charge >= 0.3 is 0 Å². The maximum atomic E-state index is 3.48. The highest BCUT2D eigenvalue weighted by molar-refractivity contribution is 5.35. The van der Waals surface area contributed by atoms with Gasteiger partial charge < -0.3 is 5.32 Å². The first-order chi connectivity index (χ1) is 7.07. The molecule has 0 spiro atoms. The molecule has 0 atom stereocenters. The molecule has 1 aromatic rings. The maximum Gasteiger partial charge on any atom is 0.0208 e. The summed E-state index contributed by atoms with van der Waals surface area (Å²) in [6, 6.07) is 7.00. The van der Waals surface area contributed by atoms with Crippen LogP contribution in [0.5, 0.6) is 0 Å². The third-order valence-corrected chi connectivity index (χ3v) is 3.19. The van der Waals surface area contributed by atoms with Crippen LogP contribution in [-0.2, 0) is 18.4 Å². The van der Waals surface area contributed by atoms with Gasteiger partial charge in [-0.1, -0.05) is 39.0 Å². The van der Waals surface area contributed by atoms with Gasteiger partial charge in [0.25, 0.3) is 0 Å². The van der Waals surface area contributed by atoms with Gasteiger partial charge in [-0.2, -0.15) is 0 Å². The molecule has 82 valence electrons. The molecule has 0 fully saturated rings. The Balaban J connectivity index is 2.36. The highest BCUT2D eigenvalue weighted by atomic mass is 14.8. The lowest BCUT2D eigenvalue weighted by Gasteiger charge is -2.21. The van der Waals surface area contributed by atoms with E-state index in [0.717, 1.165) is 13.1 Å². The smallest absolute Gasteiger partial charge is 0.0208 e. The van der Waals surface area contributed by atoms with Crippen molar-refractivity contribution >= 4 is 0 Å². The zero-order valence-corrected chi connectivity index (χ0v) is 10.1. The third kappa shape index (κ3) is 2.40. The fourth-order valence-electron chi connectivity index (χ4n) is 2.13. The Morgan fingerprint density at radius 1 is 1.13 bits per heavy atom. The Labute approximate surface area is 92.9 Å². The van der Waals surface area contributed by atoms with Gasteiger partial charge in [0.1, 0.15) is 0 Å². The summed E-state index contributed by atoms with van der Waals surface area (Å²) >= 11 is 0. The van der Waals surface area contributed by atoms with Crippen LogP contribution in [0, 0.1) is 0 Å². The molecule has 1 heteroatoms. The highest BCUT2D eigenvalue weighted by Crippen LogP contribution is 2.25. The van der Waals surface area contributed by atoms with Crippen LogP contribution in [0.1, 0.15) is 43.9 Å². The molecular formula is C14H21N. The zero-order chi connectivity index (χ0) is 10.9. The topological polar surface area (TPSA) is 12.0 Å². The van der Waals surface area contributed by atoms with E-state index in [-0.39, 0.29) is 5.41 Å². The van der Waals surface area contributed by atoms with E-state index in [1.54, 1.807) is 0 Å². The second kappa shape index (κ2) is 3.97. The molecule has 2 rings (SSSR count). The fourth-order valence-corrected chi connectivity index (χ4v) is 2.13. The third-order valence-electron chi connectivity index (χ3n) is 3.19. The molecule has 0 radical (unpaired) electrons. The molecule has 0 bridgehead atoms. The van der Waals surface area contributed by atoms with Gasteiger partial charge in [-0.15, -0.1) is 0 Å². The molecule has 1 aliphatic heterocycles. The molecule has 1 aliphatic rings. The number of benzene rings is 1. The van der Waals surface area contributed by atoms with E-state index in [9.17, 15) is 0 Å². The summed E-state index contributed by atoms with van der Waals surface area (Å²) in [6.45, 7) is 9.02. The van der Waals surface area contributed by atoms with Crippen molar-refractivity contribution in [3.05, 3.63) is 34.9 Å². The molecule has 0 aromatic heterocycles. The van der Waals surface area contributed by atoms with Crippen LogP contribution in [0.2, 0.25) is 0 Å². The molecule has 1 heterocycles. The summed E-state index contributed by atoms with van der Waals surface area (Å²) < 4.78 is 0. The van der Waals surface area contributed by atoms with Gasteiger partial charge in [-0.05, 0) is 41.5 Å². The number of aryl methyl sites for hydroxylation is 1. The van der Waals surface area contributed by atoms with Gasteiger partial charge in [0, 0.05) is 6.54 Å². The molecule has 1 N–H and O–H groups in total. The van der Waals surface area contributed by atoms with Crippen molar-refractivity contribution in [2.75, 3.05) is 6.54 Å². The Bertz CT molecular complexity index is 347. The van der Waals surface area contributed by atoms with Gasteiger partial charge in [-0.3, -0.25) is 0 Å². The van der Waals surface area contributed by atoms with Crippen LogP contribution < -0.4 is 5.32 Å². The van der Waals surface area contributed by atoms with Crippen LogP contribution in [0.15, 0.2) is 18.2 Å². The van der Waals surface area contributed by atoms with Crippen LogP contribution in [0.3, 0.4) is 0 Å². The summed E-state index contributed by atoms with van der Waals surface area (Å²) in [5, 5.41) is 3.48. The average Bonchev–Trinajstić information content (AvgIpc) is 2.39. The van der Waals surface area contributed by atoms with Gasteiger partial charge in [0.15, 0.2) is 0 Å². The standard InChI is InChI=1S/C14H21N/c1-14(2,3)13-7-6-11-5-4-8-15-10-12(11)9-13/h6-7,9,15H,4-5,8,10H2,1-3H3. The van der Waals surface area contributed by atoms with Crippen molar-refractivity contribution in [2.24, 2.45) is 0 Å². The Morgan fingerprint density at radius 2 is 1.93 bits per heavy atom. The molecular weight excluding hydrogens is 182 g/mol. The lowest BCUT2D eigenvalue weighted by atomic mass is 9.85. The molecule has 0 aliphatic carbocycles. The Morgan fingerprint density at radius 3 is 2.67 bits per heavy atom. The Hall–Kier alpha value is -0.820. The molecule has 0 saturated heterocycles. The molecule has 0 saturated carbocycles. The maximum absolute atomic E-state index is 3.48. The summed E-state index contributed by atoms with van der Waals surface area (Å²) in [7, 11) is 0. The van der Waals surface area contributed by atoms with Crippen molar-refractivity contribution in [2.45, 2.75) is 45.6 Å². The van der Waals surface area contributed by atoms with Gasteiger partial charge in [-0.25, -0.2) is 0 Å². The first kappa shape index (κ1) is 10.7. The van der Waals surface area contributed by atoms with E-state index in [4.69, 9.17) is 0 Å². The number of rotatable bonds is 0. The average molecular weight is 203 g/mol. The zero-order valence-electron chi connectivity index (χ0n) is 10.1. The minimum atomic E-state index is 0.265. The lowest BCUT2D eigenvalue weighted by molar-refractivity contribution is 0.588. The number of fused-ring (bicyclic) bond motifs is 1. The van der Waals surface area contributed by atoms with E-state index in [2.05, 4.69) is 44.3 Å². The molecule has 0 unspecified atom stereocenters. The van der Waals surface area contributed by atoms with E-state index in [1.165, 1.54) is 29.5 Å². The monoisotopic (exact) mass is 203 g/mol. The second-order valence-corrected chi connectivity index (χ2v) is 5.51. The van der Waals surface area contributed by atoms with Crippen LogP contribution in [0.25, 0.3) is 0 Å². The Kier molecular flexibility index (Phi) is 2.83. The van der Waals surface area contributed by atoms with E-state index < -0.39 is 0 Å². The first-order valence-corrected chi connectivity index (χ1v) is 5.90. The normalized spacial score (nSPS) is 17.0. The largest absolute Gasteiger partial charge is 0.313 e. The summed E-state index contributed by atoms with van der Waals surface area (Å²) in [5.41, 5.74) is 4.75. The second-order valence-electron chi connectivity index (χ2n) is 5.51. The summed E-state index contributed by atoms with van der Waals surface area (Å²) in [6.07, 6.45) is 2.49. The minimum absolute atomic E-state index is 0.265. The van der Waals surface area contributed by atoms with Crippen molar-refractivity contribution in [3.8, 4) is 0 Å². The molecule has 0 amide bonds. The number of hydrogen-bond donors (Lipinski definition) is 1. The van der Waals surface area contributed by atoms with Crippen LogP contribution >= 0.6 is 0 Å². The van der Waals surface area contributed by atoms with Gasteiger partial charge in [0.2, 0.25) is 0 Å². The quantitative estimate of drug-likeness (QED) is 0.683. The minimum Gasteiger partial charge on any atom is -0.313 e. The van der Waals surface area contributed by atoms with Crippen LogP contribution in [-0.4, -0.2) is 6.54 Å². The molecule has 1 aromatic carbocycles. The predicted molar refractivity (Wildman–Crippen MR) is 65.2 cm³/mol. The number of nitrogens with one attached hydrogen (secondary N) is 1. The number of hydrogen-bond acceptors (Lipinski definition) is 1. The van der Waals surface area contributed by atoms with Crippen molar-refractivity contribution in [3.63, 3.8) is 0 Å². The summed E-state index contributed by atoms with van der Waals surface area (Å²) in [4.78, 5) is 0. The first-order valence-electron chi connectivity index (χ1n) is 5.90. The van der Waals surface area contributed by atoms with Crippen molar-refractivity contribution < 1.29 is 0 Å². The van der Waals surface area contributed by atoms with Crippen LogP contribution in [0.4, 0.5) is 0 Å². The lowest BCUT2D eigenvalue weighted by Crippen LogP contribution is -2.14. The SMILES string of the molecule is CC(C)(C)c1ccc2c(c1)CNCCC2. The van der Waals surface area contributed by atoms with E-state index >= 15 is 0 Å². The summed E-state index contributed by atoms with van der Waals surface area (Å²) in [5.74, 6) is 0. The fraction of sp³-hybridized carbons (Fsp3) is 0.571. The van der Waals surface area contributed by atoms with Crippen molar-refractivity contribution in [1.82, 2.24) is 5.32 Å². The predicted octanol–water partition coefficient (Wildman–Crippen LogP) is 3.02. The van der Waals surface area contributed by atoms with Crippen molar-refractivity contribution in [1.29, 1.82) is 0 Å². The van der Waals surface area contributed by atoms with E-state index in [0.29, 0.717) is 0 Å². The van der Waals surface area contributed by atoms with E-state index in [1.807, 2.05) is 0 Å². The highest BCUT2D eigenvalue weighted by Gasteiger charge is 2.16. The molecule has 1 nitrogen and oxygen atoms in total. The van der Waals surface area contributed by atoms with Gasteiger partial charge in [0.05, 0.1) is 0 Å².